The Morgan fingerprint density at radius 3 is 2.42 bits per heavy atom. The first-order valence-corrected chi connectivity index (χ1v) is 12.0. The van der Waals surface area contributed by atoms with Crippen LogP contribution in [0.2, 0.25) is 0 Å². The van der Waals surface area contributed by atoms with Gasteiger partial charge < -0.3 is 14.2 Å². The fourth-order valence-electron chi connectivity index (χ4n) is 3.35. The topological polar surface area (TPSA) is 88.8 Å². The SMILES string of the molecule is CC(C)c1noc(N2CCN(C(C)CCOc3ccc(S(C)(=O)=O)c(F)c3)CC2)n1.Cl. The summed E-state index contributed by atoms with van der Waals surface area (Å²) >= 11 is 0. The summed E-state index contributed by atoms with van der Waals surface area (Å²) in [7, 11) is -3.58. The van der Waals surface area contributed by atoms with Gasteiger partial charge in [-0.2, -0.15) is 4.98 Å². The highest BCUT2D eigenvalue weighted by atomic mass is 35.5. The quantitative estimate of drug-likeness (QED) is 0.574. The van der Waals surface area contributed by atoms with Crippen LogP contribution in [0.15, 0.2) is 27.6 Å². The van der Waals surface area contributed by atoms with E-state index >= 15 is 0 Å². The van der Waals surface area contributed by atoms with Crippen molar-refractivity contribution < 1.29 is 22.1 Å². The molecular weight excluding hydrogens is 447 g/mol. The minimum atomic E-state index is -3.58. The standard InChI is InChI=1S/C20H29FN4O4S.ClH/c1-14(2)19-22-20(29-23-19)25-10-8-24(9-11-25)15(3)7-12-28-16-5-6-18(17(21)13-16)30(4,26)27;/h5-6,13-15H,7-12H2,1-4H3;1H. The third-order valence-corrected chi connectivity index (χ3v) is 6.39. The lowest BCUT2D eigenvalue weighted by Gasteiger charge is -2.37. The molecule has 1 aromatic heterocycles. The van der Waals surface area contributed by atoms with Crippen LogP contribution in [-0.4, -0.2) is 68.5 Å². The first kappa shape index (κ1) is 25.4. The lowest BCUT2D eigenvalue weighted by atomic mass is 10.2. The monoisotopic (exact) mass is 476 g/mol. The molecule has 3 rings (SSSR count). The van der Waals surface area contributed by atoms with Crippen LogP contribution in [0.5, 0.6) is 5.75 Å². The van der Waals surface area contributed by atoms with Gasteiger partial charge in [0.2, 0.25) is 0 Å². The molecule has 1 unspecified atom stereocenters. The van der Waals surface area contributed by atoms with E-state index in [1.165, 1.54) is 12.1 Å². The largest absolute Gasteiger partial charge is 0.493 e. The Morgan fingerprint density at radius 1 is 1.19 bits per heavy atom. The van der Waals surface area contributed by atoms with Crippen molar-refractivity contribution in [2.75, 3.05) is 43.9 Å². The maximum absolute atomic E-state index is 14.0. The van der Waals surface area contributed by atoms with Crippen molar-refractivity contribution >= 4 is 28.3 Å². The molecule has 1 aliphatic heterocycles. The molecule has 174 valence electrons. The third-order valence-electron chi connectivity index (χ3n) is 5.26. The van der Waals surface area contributed by atoms with Gasteiger partial charge in [0.1, 0.15) is 16.5 Å². The molecule has 0 bridgehead atoms. The number of hydrogen-bond acceptors (Lipinski definition) is 8. The number of ether oxygens (including phenoxy) is 1. The zero-order valence-corrected chi connectivity index (χ0v) is 19.9. The number of halogens is 2. The summed E-state index contributed by atoms with van der Waals surface area (Å²) in [4.78, 5) is 8.61. The second-order valence-corrected chi connectivity index (χ2v) is 9.95. The minimum Gasteiger partial charge on any atom is -0.493 e. The number of aromatic nitrogens is 2. The summed E-state index contributed by atoms with van der Waals surface area (Å²) in [5.74, 6) is 0.494. The van der Waals surface area contributed by atoms with Crippen molar-refractivity contribution in [2.24, 2.45) is 0 Å². The summed E-state index contributed by atoms with van der Waals surface area (Å²) < 4.78 is 47.9. The molecule has 11 heteroatoms. The van der Waals surface area contributed by atoms with Gasteiger partial charge in [0.25, 0.3) is 0 Å². The Labute approximate surface area is 189 Å². The number of sulfone groups is 1. The first-order valence-electron chi connectivity index (χ1n) is 10.1. The molecule has 0 N–H and O–H groups in total. The first-order chi connectivity index (χ1) is 14.1. The zero-order chi connectivity index (χ0) is 21.9. The lowest BCUT2D eigenvalue weighted by Crippen LogP contribution is -2.50. The Kier molecular flexibility index (Phi) is 8.67. The van der Waals surface area contributed by atoms with Crippen LogP contribution in [0.3, 0.4) is 0 Å². The Balaban J connectivity index is 0.00000341. The number of piperazine rings is 1. The maximum atomic E-state index is 14.0. The molecule has 0 saturated carbocycles. The van der Waals surface area contributed by atoms with E-state index in [4.69, 9.17) is 9.26 Å². The summed E-state index contributed by atoms with van der Waals surface area (Å²) in [6.45, 7) is 9.98. The molecule has 2 heterocycles. The smallest absolute Gasteiger partial charge is 0.324 e. The molecule has 0 spiro atoms. The molecule has 0 radical (unpaired) electrons. The average molecular weight is 477 g/mol. The van der Waals surface area contributed by atoms with Gasteiger partial charge in [-0.25, -0.2) is 12.8 Å². The van der Waals surface area contributed by atoms with Crippen LogP contribution in [0, 0.1) is 5.82 Å². The highest BCUT2D eigenvalue weighted by Gasteiger charge is 2.24. The van der Waals surface area contributed by atoms with E-state index in [1.807, 2.05) is 13.8 Å². The van der Waals surface area contributed by atoms with Gasteiger partial charge in [-0.3, -0.25) is 4.90 Å². The Hall–Kier alpha value is -1.91. The lowest BCUT2D eigenvalue weighted by molar-refractivity contribution is 0.163. The maximum Gasteiger partial charge on any atom is 0.324 e. The number of hydrogen-bond donors (Lipinski definition) is 0. The van der Waals surface area contributed by atoms with E-state index in [1.54, 1.807) is 0 Å². The highest BCUT2D eigenvalue weighted by Crippen LogP contribution is 2.22. The van der Waals surface area contributed by atoms with Gasteiger partial charge in [-0.1, -0.05) is 19.0 Å². The second-order valence-electron chi connectivity index (χ2n) is 7.96. The summed E-state index contributed by atoms with van der Waals surface area (Å²) in [5, 5.41) is 4.02. The van der Waals surface area contributed by atoms with Crippen LogP contribution in [0.1, 0.15) is 38.9 Å². The van der Waals surface area contributed by atoms with E-state index in [9.17, 15) is 12.8 Å². The number of nitrogens with zero attached hydrogens (tertiary/aromatic N) is 4. The molecule has 1 saturated heterocycles. The summed E-state index contributed by atoms with van der Waals surface area (Å²) in [6, 6.07) is 4.72. The fourth-order valence-corrected chi connectivity index (χ4v) is 4.07. The number of rotatable bonds is 8. The molecule has 2 aromatic rings. The van der Waals surface area contributed by atoms with E-state index in [-0.39, 0.29) is 23.2 Å². The molecule has 1 aliphatic rings. The fraction of sp³-hybridized carbons (Fsp3) is 0.600. The van der Waals surface area contributed by atoms with Crippen molar-refractivity contribution in [1.82, 2.24) is 15.0 Å². The van der Waals surface area contributed by atoms with Crippen molar-refractivity contribution in [1.29, 1.82) is 0 Å². The van der Waals surface area contributed by atoms with E-state index < -0.39 is 15.7 Å². The van der Waals surface area contributed by atoms with Gasteiger partial charge in [0.05, 0.1) is 6.61 Å². The molecule has 8 nitrogen and oxygen atoms in total. The number of benzene rings is 1. The molecule has 0 amide bonds. The van der Waals surface area contributed by atoms with E-state index in [0.717, 1.165) is 50.7 Å². The van der Waals surface area contributed by atoms with Crippen molar-refractivity contribution in [3.05, 3.63) is 29.8 Å². The van der Waals surface area contributed by atoms with Gasteiger partial charge in [0, 0.05) is 50.5 Å². The highest BCUT2D eigenvalue weighted by molar-refractivity contribution is 7.90. The minimum absolute atomic E-state index is 0. The predicted octanol–water partition coefficient (Wildman–Crippen LogP) is 3.14. The van der Waals surface area contributed by atoms with Crippen molar-refractivity contribution in [3.63, 3.8) is 0 Å². The Bertz CT molecular complexity index is 962. The second kappa shape index (κ2) is 10.6. The predicted molar refractivity (Wildman–Crippen MR) is 119 cm³/mol. The summed E-state index contributed by atoms with van der Waals surface area (Å²) in [6.07, 6.45) is 1.75. The molecule has 31 heavy (non-hydrogen) atoms. The molecule has 0 aliphatic carbocycles. The van der Waals surface area contributed by atoms with Crippen LogP contribution in [0.25, 0.3) is 0 Å². The third kappa shape index (κ3) is 6.54. The van der Waals surface area contributed by atoms with Crippen molar-refractivity contribution in [3.8, 4) is 5.75 Å². The summed E-state index contributed by atoms with van der Waals surface area (Å²) in [5.41, 5.74) is 0. The van der Waals surface area contributed by atoms with Crippen molar-refractivity contribution in [2.45, 2.75) is 44.0 Å². The molecule has 1 atom stereocenters. The zero-order valence-electron chi connectivity index (χ0n) is 18.2. The van der Waals surface area contributed by atoms with Gasteiger partial charge in [0.15, 0.2) is 15.7 Å². The van der Waals surface area contributed by atoms with Gasteiger partial charge >= 0.3 is 6.01 Å². The van der Waals surface area contributed by atoms with Crippen LogP contribution < -0.4 is 9.64 Å². The molecule has 1 fully saturated rings. The van der Waals surface area contributed by atoms with E-state index in [2.05, 4.69) is 26.9 Å². The molecule has 1 aromatic carbocycles. The van der Waals surface area contributed by atoms with Crippen LogP contribution in [0.4, 0.5) is 10.4 Å². The van der Waals surface area contributed by atoms with Crippen LogP contribution in [-0.2, 0) is 9.84 Å². The number of anilines is 1. The van der Waals surface area contributed by atoms with Gasteiger partial charge in [-0.05, 0) is 25.5 Å². The Morgan fingerprint density at radius 2 is 1.87 bits per heavy atom. The van der Waals surface area contributed by atoms with E-state index in [0.29, 0.717) is 24.4 Å². The molecular formula is C20H30ClFN4O4S. The average Bonchev–Trinajstić information content (AvgIpc) is 3.18. The van der Waals surface area contributed by atoms with Crippen LogP contribution >= 0.6 is 12.4 Å². The normalized spacial score (nSPS) is 16.3. The van der Waals surface area contributed by atoms with Gasteiger partial charge in [-0.15, -0.1) is 12.4 Å².